The van der Waals surface area contributed by atoms with E-state index >= 15 is 0 Å². The molecule has 1 atom stereocenters. The van der Waals surface area contributed by atoms with Crippen LogP contribution in [0.1, 0.15) is 16.7 Å². The van der Waals surface area contributed by atoms with Crippen molar-refractivity contribution in [1.29, 1.82) is 0 Å². The second-order valence-electron chi connectivity index (χ2n) is 5.37. The lowest BCUT2D eigenvalue weighted by Crippen LogP contribution is -2.30. The molecule has 0 fully saturated rings. The number of fused-ring (bicyclic) bond motifs is 1. The Bertz CT molecular complexity index is 686. The van der Waals surface area contributed by atoms with Gasteiger partial charge in [0.15, 0.2) is 0 Å². The summed E-state index contributed by atoms with van der Waals surface area (Å²) in [6, 6.07) is 12.5. The first-order chi connectivity index (χ1) is 10.1. The summed E-state index contributed by atoms with van der Waals surface area (Å²) in [5, 5.41) is 2.90. The van der Waals surface area contributed by atoms with Gasteiger partial charge in [0.1, 0.15) is 5.82 Å². The van der Waals surface area contributed by atoms with Crippen molar-refractivity contribution in [2.75, 3.05) is 0 Å². The van der Waals surface area contributed by atoms with Gasteiger partial charge in [0.05, 0.1) is 0 Å². The Morgan fingerprint density at radius 1 is 1.19 bits per heavy atom. The van der Waals surface area contributed by atoms with Gasteiger partial charge in [0.25, 0.3) is 0 Å². The molecule has 1 amide bonds. The molecule has 1 N–H and O–H groups in total. The molecule has 2 aromatic rings. The minimum atomic E-state index is -0.278. The molecule has 0 radical (unpaired) electrons. The number of hydrogen-bond acceptors (Lipinski definition) is 1. The van der Waals surface area contributed by atoms with E-state index in [0.717, 1.165) is 22.9 Å². The third-order valence-corrected chi connectivity index (χ3v) is 4.32. The minimum absolute atomic E-state index is 0.0251. The summed E-state index contributed by atoms with van der Waals surface area (Å²) in [7, 11) is 0. The van der Waals surface area contributed by atoms with E-state index < -0.39 is 0 Å². The van der Waals surface area contributed by atoms with Gasteiger partial charge in [-0.05, 0) is 53.8 Å². The fourth-order valence-corrected chi connectivity index (χ4v) is 3.16. The highest BCUT2D eigenvalue weighted by atomic mass is 79.9. The number of carbonyl (C=O) groups excluding carboxylic acids is 1. The Balaban J connectivity index is 1.60. The summed E-state index contributed by atoms with van der Waals surface area (Å²) >= 11 is 3.45. The van der Waals surface area contributed by atoms with Crippen LogP contribution in [-0.2, 0) is 24.2 Å². The zero-order valence-electron chi connectivity index (χ0n) is 11.4. The monoisotopic (exact) mass is 347 g/mol. The van der Waals surface area contributed by atoms with E-state index in [2.05, 4.69) is 33.4 Å². The first-order valence-corrected chi connectivity index (χ1v) is 7.70. The number of nitrogens with one attached hydrogen (secondary N) is 1. The van der Waals surface area contributed by atoms with E-state index in [9.17, 15) is 9.18 Å². The third kappa shape index (κ3) is 3.32. The maximum absolute atomic E-state index is 13.1. The summed E-state index contributed by atoms with van der Waals surface area (Å²) in [5.41, 5.74) is 3.25. The molecule has 1 unspecified atom stereocenters. The van der Waals surface area contributed by atoms with Gasteiger partial charge >= 0.3 is 0 Å². The zero-order chi connectivity index (χ0) is 14.8. The maximum Gasteiger partial charge on any atom is 0.224 e. The molecule has 0 aromatic heterocycles. The van der Waals surface area contributed by atoms with Crippen LogP contribution in [0.4, 0.5) is 4.39 Å². The van der Waals surface area contributed by atoms with Crippen molar-refractivity contribution in [3.8, 4) is 0 Å². The number of carbonyl (C=O) groups is 1. The fourth-order valence-electron chi connectivity index (χ4n) is 2.75. The first kappa shape index (κ1) is 14.3. The first-order valence-electron chi connectivity index (χ1n) is 6.91. The van der Waals surface area contributed by atoms with E-state index in [1.807, 2.05) is 12.1 Å². The summed E-state index contributed by atoms with van der Waals surface area (Å²) in [6.07, 6.45) is 1.54. The van der Waals surface area contributed by atoms with Crippen LogP contribution in [-0.4, -0.2) is 5.91 Å². The van der Waals surface area contributed by atoms with Crippen molar-refractivity contribution in [2.24, 2.45) is 5.92 Å². The predicted molar refractivity (Wildman–Crippen MR) is 83.3 cm³/mol. The maximum atomic E-state index is 13.1. The van der Waals surface area contributed by atoms with Gasteiger partial charge < -0.3 is 5.32 Å². The second kappa shape index (κ2) is 5.98. The van der Waals surface area contributed by atoms with Gasteiger partial charge in [0.2, 0.25) is 5.91 Å². The summed E-state index contributed by atoms with van der Waals surface area (Å²) in [6.45, 7) is 0.368. The molecule has 1 aliphatic rings. The van der Waals surface area contributed by atoms with Crippen LogP contribution in [0.3, 0.4) is 0 Å². The van der Waals surface area contributed by atoms with Gasteiger partial charge in [-0.15, -0.1) is 0 Å². The standard InChI is InChI=1S/C17H15BrFNO/c18-15-5-4-12-7-14(8-13(12)9-15)17(21)20-10-11-2-1-3-16(19)6-11/h1-6,9,14H,7-8,10H2,(H,20,21). The Hall–Kier alpha value is -1.68. The van der Waals surface area contributed by atoms with Crippen molar-refractivity contribution >= 4 is 21.8 Å². The van der Waals surface area contributed by atoms with Crippen LogP contribution in [0.5, 0.6) is 0 Å². The molecule has 4 heteroatoms. The highest BCUT2D eigenvalue weighted by Crippen LogP contribution is 2.29. The molecule has 0 heterocycles. The molecule has 3 rings (SSSR count). The number of hydrogen-bond donors (Lipinski definition) is 1. The second-order valence-corrected chi connectivity index (χ2v) is 6.28. The van der Waals surface area contributed by atoms with Crippen molar-refractivity contribution in [2.45, 2.75) is 19.4 Å². The Labute approximate surface area is 131 Å². The Kier molecular flexibility index (Phi) is 4.06. The molecule has 21 heavy (non-hydrogen) atoms. The molecular formula is C17H15BrFNO. The van der Waals surface area contributed by atoms with Crippen LogP contribution in [0.25, 0.3) is 0 Å². The highest BCUT2D eigenvalue weighted by molar-refractivity contribution is 9.10. The molecule has 1 aliphatic carbocycles. The molecule has 0 aliphatic heterocycles. The minimum Gasteiger partial charge on any atom is -0.352 e. The van der Waals surface area contributed by atoms with Crippen molar-refractivity contribution in [3.05, 3.63) is 69.4 Å². The van der Waals surface area contributed by atoms with Gasteiger partial charge in [0, 0.05) is 16.9 Å². The van der Waals surface area contributed by atoms with E-state index in [-0.39, 0.29) is 17.6 Å². The fraction of sp³-hybridized carbons (Fsp3) is 0.235. The zero-order valence-corrected chi connectivity index (χ0v) is 13.0. The van der Waals surface area contributed by atoms with Crippen LogP contribution < -0.4 is 5.32 Å². The van der Waals surface area contributed by atoms with E-state index in [0.29, 0.717) is 6.54 Å². The number of rotatable bonds is 3. The van der Waals surface area contributed by atoms with Gasteiger partial charge in [-0.1, -0.05) is 34.1 Å². The Morgan fingerprint density at radius 2 is 2.00 bits per heavy atom. The molecular weight excluding hydrogens is 333 g/mol. The molecule has 108 valence electrons. The van der Waals surface area contributed by atoms with E-state index in [4.69, 9.17) is 0 Å². The van der Waals surface area contributed by atoms with Crippen LogP contribution >= 0.6 is 15.9 Å². The van der Waals surface area contributed by atoms with Crippen molar-refractivity contribution < 1.29 is 9.18 Å². The molecule has 2 nitrogen and oxygen atoms in total. The quantitative estimate of drug-likeness (QED) is 0.902. The normalized spacial score (nSPS) is 16.6. The van der Waals surface area contributed by atoms with Gasteiger partial charge in [-0.2, -0.15) is 0 Å². The smallest absolute Gasteiger partial charge is 0.224 e. The lowest BCUT2D eigenvalue weighted by atomic mass is 10.1. The lowest BCUT2D eigenvalue weighted by molar-refractivity contribution is -0.124. The largest absolute Gasteiger partial charge is 0.352 e. The van der Waals surface area contributed by atoms with Gasteiger partial charge in [-0.25, -0.2) is 4.39 Å². The lowest BCUT2D eigenvalue weighted by Gasteiger charge is -2.10. The van der Waals surface area contributed by atoms with Crippen LogP contribution in [0, 0.1) is 11.7 Å². The number of benzene rings is 2. The molecule has 0 spiro atoms. The van der Waals surface area contributed by atoms with E-state index in [1.165, 1.54) is 23.3 Å². The molecule has 0 saturated carbocycles. The average molecular weight is 348 g/mol. The third-order valence-electron chi connectivity index (χ3n) is 3.83. The Morgan fingerprint density at radius 3 is 2.81 bits per heavy atom. The molecule has 2 aromatic carbocycles. The average Bonchev–Trinajstić information content (AvgIpc) is 2.88. The van der Waals surface area contributed by atoms with Crippen molar-refractivity contribution in [3.63, 3.8) is 0 Å². The van der Waals surface area contributed by atoms with Crippen molar-refractivity contribution in [1.82, 2.24) is 5.32 Å². The molecule has 0 bridgehead atoms. The molecule has 0 saturated heterocycles. The SMILES string of the molecule is O=C(NCc1cccc(F)c1)C1Cc2ccc(Br)cc2C1. The summed E-state index contributed by atoms with van der Waals surface area (Å²) < 4.78 is 14.1. The van der Waals surface area contributed by atoms with Crippen LogP contribution in [0.15, 0.2) is 46.9 Å². The predicted octanol–water partition coefficient (Wildman–Crippen LogP) is 3.62. The summed E-state index contributed by atoms with van der Waals surface area (Å²) in [4.78, 5) is 12.2. The summed E-state index contributed by atoms with van der Waals surface area (Å²) in [5.74, 6) is -0.269. The van der Waals surface area contributed by atoms with Gasteiger partial charge in [-0.3, -0.25) is 4.79 Å². The number of amides is 1. The van der Waals surface area contributed by atoms with Crippen LogP contribution in [0.2, 0.25) is 0 Å². The van der Waals surface area contributed by atoms with E-state index in [1.54, 1.807) is 6.07 Å². The topological polar surface area (TPSA) is 29.1 Å². The number of halogens is 2. The highest BCUT2D eigenvalue weighted by Gasteiger charge is 2.27.